The molecule has 1 heterocycles. The first-order valence-corrected chi connectivity index (χ1v) is 8.69. The number of halogens is 1. The number of ether oxygens (including phenoxy) is 1. The Labute approximate surface area is 143 Å². The normalized spacial score (nSPS) is 20.6. The smallest absolute Gasteiger partial charge is 0.226 e. The molecule has 0 spiro atoms. The molecule has 6 heteroatoms. The zero-order valence-electron chi connectivity index (χ0n) is 13.6. The van der Waals surface area contributed by atoms with Gasteiger partial charge in [-0.2, -0.15) is 0 Å². The van der Waals surface area contributed by atoms with Gasteiger partial charge in [-0.05, 0) is 30.5 Å². The van der Waals surface area contributed by atoms with Gasteiger partial charge < -0.3 is 10.1 Å². The van der Waals surface area contributed by atoms with Crippen molar-refractivity contribution in [3.8, 4) is 0 Å². The zero-order chi connectivity index (χ0) is 16.5. The third kappa shape index (κ3) is 5.77. The summed E-state index contributed by atoms with van der Waals surface area (Å²) in [5.74, 6) is -0.0619. The van der Waals surface area contributed by atoms with E-state index in [2.05, 4.69) is 23.1 Å². The minimum atomic E-state index is -0.128. The van der Waals surface area contributed by atoms with Crippen LogP contribution >= 0.6 is 11.6 Å². The quantitative estimate of drug-likeness (QED) is 0.605. The average Bonchev–Trinajstić information content (AvgIpc) is 3.04. The third-order valence-corrected chi connectivity index (χ3v) is 4.21. The Bertz CT molecular complexity index is 481. The van der Waals surface area contributed by atoms with E-state index in [0.717, 1.165) is 31.4 Å². The maximum Gasteiger partial charge on any atom is 0.226 e. The van der Waals surface area contributed by atoms with Crippen LogP contribution in [0.15, 0.2) is 24.3 Å². The molecule has 2 rings (SSSR count). The lowest BCUT2D eigenvalue weighted by Gasteiger charge is -2.18. The predicted octanol–water partition coefficient (Wildman–Crippen LogP) is 2.43. The molecule has 1 aromatic rings. The van der Waals surface area contributed by atoms with Gasteiger partial charge in [-0.25, -0.2) is 5.43 Å². The molecule has 0 radical (unpaired) electrons. The SMILES string of the molecule is CCCCOCCCNC(=O)C1CNNC1c1ccc(Cl)cc1. The number of carbonyl (C=O) groups excluding carboxylic acids is 1. The van der Waals surface area contributed by atoms with E-state index in [9.17, 15) is 4.79 Å². The van der Waals surface area contributed by atoms with Crippen molar-refractivity contribution in [2.75, 3.05) is 26.3 Å². The van der Waals surface area contributed by atoms with Gasteiger partial charge in [-0.15, -0.1) is 0 Å². The second-order valence-electron chi connectivity index (χ2n) is 5.77. The van der Waals surface area contributed by atoms with E-state index in [0.29, 0.717) is 24.7 Å². The summed E-state index contributed by atoms with van der Waals surface area (Å²) in [5.41, 5.74) is 7.30. The van der Waals surface area contributed by atoms with Crippen LogP contribution in [0.2, 0.25) is 5.02 Å². The molecule has 0 saturated carbocycles. The van der Waals surface area contributed by atoms with E-state index in [1.807, 2.05) is 24.3 Å². The summed E-state index contributed by atoms with van der Waals surface area (Å²) in [6.45, 7) is 4.91. The van der Waals surface area contributed by atoms with Gasteiger partial charge in [-0.3, -0.25) is 10.2 Å². The van der Waals surface area contributed by atoms with E-state index < -0.39 is 0 Å². The van der Waals surface area contributed by atoms with E-state index in [4.69, 9.17) is 16.3 Å². The van der Waals surface area contributed by atoms with Crippen LogP contribution < -0.4 is 16.2 Å². The fourth-order valence-electron chi connectivity index (χ4n) is 2.59. The molecular weight excluding hydrogens is 314 g/mol. The summed E-state index contributed by atoms with van der Waals surface area (Å²) in [5, 5.41) is 3.70. The van der Waals surface area contributed by atoms with Crippen LogP contribution in [-0.2, 0) is 9.53 Å². The zero-order valence-corrected chi connectivity index (χ0v) is 14.4. The van der Waals surface area contributed by atoms with Crippen molar-refractivity contribution in [1.29, 1.82) is 0 Å². The number of rotatable bonds is 9. The second-order valence-corrected chi connectivity index (χ2v) is 6.21. The van der Waals surface area contributed by atoms with Crippen LogP contribution in [0.5, 0.6) is 0 Å². The van der Waals surface area contributed by atoms with Crippen LogP contribution in [0, 0.1) is 5.92 Å². The van der Waals surface area contributed by atoms with E-state index in [1.54, 1.807) is 0 Å². The van der Waals surface area contributed by atoms with Gasteiger partial charge >= 0.3 is 0 Å². The van der Waals surface area contributed by atoms with Crippen molar-refractivity contribution >= 4 is 17.5 Å². The van der Waals surface area contributed by atoms with Gasteiger partial charge in [0.15, 0.2) is 0 Å². The highest BCUT2D eigenvalue weighted by molar-refractivity contribution is 6.30. The minimum absolute atomic E-state index is 0.0342. The Balaban J connectivity index is 1.74. The maximum absolute atomic E-state index is 12.4. The van der Waals surface area contributed by atoms with Crippen LogP contribution in [-0.4, -0.2) is 32.2 Å². The third-order valence-electron chi connectivity index (χ3n) is 3.95. The number of nitrogens with one attached hydrogen (secondary N) is 3. The van der Waals surface area contributed by atoms with Crippen molar-refractivity contribution in [1.82, 2.24) is 16.2 Å². The number of hydrogen-bond donors (Lipinski definition) is 3. The van der Waals surface area contributed by atoms with Crippen LogP contribution in [0.25, 0.3) is 0 Å². The first kappa shape index (κ1) is 18.2. The molecule has 1 saturated heterocycles. The lowest BCUT2D eigenvalue weighted by Crippen LogP contribution is -2.35. The molecule has 3 N–H and O–H groups in total. The topological polar surface area (TPSA) is 62.4 Å². The van der Waals surface area contributed by atoms with Crippen molar-refractivity contribution in [3.05, 3.63) is 34.9 Å². The summed E-state index contributed by atoms with van der Waals surface area (Å²) in [7, 11) is 0. The molecule has 23 heavy (non-hydrogen) atoms. The highest BCUT2D eigenvalue weighted by Gasteiger charge is 2.33. The van der Waals surface area contributed by atoms with E-state index in [-0.39, 0.29) is 17.9 Å². The Morgan fingerprint density at radius 3 is 2.78 bits per heavy atom. The Kier molecular flexibility index (Phi) is 7.82. The molecule has 0 aromatic heterocycles. The van der Waals surface area contributed by atoms with Gasteiger partial charge in [0.1, 0.15) is 0 Å². The summed E-state index contributed by atoms with van der Waals surface area (Å²) in [4.78, 5) is 12.4. The van der Waals surface area contributed by atoms with Crippen LogP contribution in [0.3, 0.4) is 0 Å². The van der Waals surface area contributed by atoms with Crippen molar-refractivity contribution in [3.63, 3.8) is 0 Å². The lowest BCUT2D eigenvalue weighted by molar-refractivity contribution is -0.124. The molecule has 0 aliphatic carbocycles. The van der Waals surface area contributed by atoms with Crippen molar-refractivity contribution in [2.45, 2.75) is 32.2 Å². The summed E-state index contributed by atoms with van der Waals surface area (Å²) in [6, 6.07) is 7.57. The minimum Gasteiger partial charge on any atom is -0.381 e. The molecule has 5 nitrogen and oxygen atoms in total. The molecule has 1 amide bonds. The first-order valence-electron chi connectivity index (χ1n) is 8.31. The van der Waals surface area contributed by atoms with Crippen LogP contribution in [0.4, 0.5) is 0 Å². The second kappa shape index (κ2) is 9.88. The fraction of sp³-hybridized carbons (Fsp3) is 0.588. The maximum atomic E-state index is 12.4. The molecule has 128 valence electrons. The Morgan fingerprint density at radius 1 is 1.30 bits per heavy atom. The number of carbonyl (C=O) groups is 1. The lowest BCUT2D eigenvalue weighted by atomic mass is 9.94. The molecule has 2 unspecified atom stereocenters. The number of amides is 1. The highest BCUT2D eigenvalue weighted by atomic mass is 35.5. The number of unbranched alkanes of at least 4 members (excludes halogenated alkanes) is 1. The highest BCUT2D eigenvalue weighted by Crippen LogP contribution is 2.26. The number of benzene rings is 1. The van der Waals surface area contributed by atoms with Gasteiger partial charge in [-0.1, -0.05) is 37.1 Å². The van der Waals surface area contributed by atoms with Gasteiger partial charge in [0, 0.05) is 31.3 Å². The van der Waals surface area contributed by atoms with Gasteiger partial charge in [0.2, 0.25) is 5.91 Å². The van der Waals surface area contributed by atoms with Gasteiger partial charge in [0.05, 0.1) is 12.0 Å². The van der Waals surface area contributed by atoms with E-state index >= 15 is 0 Å². The number of hydrazine groups is 1. The molecule has 2 atom stereocenters. The summed E-state index contributed by atoms with van der Waals surface area (Å²) >= 11 is 5.92. The summed E-state index contributed by atoms with van der Waals surface area (Å²) in [6.07, 6.45) is 3.08. The van der Waals surface area contributed by atoms with E-state index in [1.165, 1.54) is 0 Å². The Morgan fingerprint density at radius 2 is 2.04 bits per heavy atom. The molecule has 1 aromatic carbocycles. The van der Waals surface area contributed by atoms with Crippen molar-refractivity contribution < 1.29 is 9.53 Å². The van der Waals surface area contributed by atoms with Gasteiger partial charge in [0.25, 0.3) is 0 Å². The fourth-order valence-corrected chi connectivity index (χ4v) is 2.72. The largest absolute Gasteiger partial charge is 0.381 e. The molecule has 1 aliphatic heterocycles. The monoisotopic (exact) mass is 339 g/mol. The average molecular weight is 340 g/mol. The van der Waals surface area contributed by atoms with Crippen LogP contribution in [0.1, 0.15) is 37.8 Å². The standard InChI is InChI=1S/C17H26ClN3O2/c1-2-3-10-23-11-4-9-19-17(22)15-12-20-21-16(15)13-5-7-14(18)8-6-13/h5-8,15-16,20-21H,2-4,9-12H2,1H3,(H,19,22). The predicted molar refractivity (Wildman–Crippen MR) is 92.2 cm³/mol. The first-order chi connectivity index (χ1) is 11.2. The molecule has 1 aliphatic rings. The Hall–Kier alpha value is -1.14. The molecule has 1 fully saturated rings. The summed E-state index contributed by atoms with van der Waals surface area (Å²) < 4.78 is 5.49. The number of hydrogen-bond acceptors (Lipinski definition) is 4. The molecule has 0 bridgehead atoms. The molecular formula is C17H26ClN3O2. The van der Waals surface area contributed by atoms with Crippen molar-refractivity contribution in [2.24, 2.45) is 5.92 Å².